The van der Waals surface area contributed by atoms with Crippen molar-refractivity contribution >= 4 is 10.8 Å². The molecule has 0 unspecified atom stereocenters. The molecule has 78 valence electrons. The van der Waals surface area contributed by atoms with Crippen molar-refractivity contribution in [3.05, 3.63) is 35.7 Å². The molecule has 1 heterocycles. The lowest BCUT2D eigenvalue weighted by Crippen LogP contribution is -2.10. The third-order valence-corrected chi connectivity index (χ3v) is 2.71. The average Bonchev–Trinajstić information content (AvgIpc) is 2.16. The average molecular weight is 200 g/mol. The van der Waals surface area contributed by atoms with Crippen LogP contribution in [0.15, 0.2) is 24.4 Å². The smallest absolute Gasteiger partial charge is 0.0678 e. The van der Waals surface area contributed by atoms with Crippen molar-refractivity contribution in [1.29, 1.82) is 0 Å². The molecule has 0 saturated carbocycles. The van der Waals surface area contributed by atoms with E-state index in [4.69, 9.17) is 0 Å². The van der Waals surface area contributed by atoms with Gasteiger partial charge in [-0.2, -0.15) is 10.2 Å². The maximum atomic E-state index is 4.05. The fourth-order valence-electron chi connectivity index (χ4n) is 1.70. The highest BCUT2D eigenvalue weighted by Crippen LogP contribution is 2.26. The van der Waals surface area contributed by atoms with Crippen LogP contribution in [0.25, 0.3) is 10.8 Å². The summed E-state index contributed by atoms with van der Waals surface area (Å²) in [5, 5.41) is 10.4. The van der Waals surface area contributed by atoms with Gasteiger partial charge in [0, 0.05) is 10.8 Å². The van der Waals surface area contributed by atoms with Gasteiger partial charge in [-0.15, -0.1) is 0 Å². The first kappa shape index (κ1) is 10.1. The summed E-state index contributed by atoms with van der Waals surface area (Å²) in [5.41, 5.74) is 2.51. The van der Waals surface area contributed by atoms with Gasteiger partial charge >= 0.3 is 0 Å². The van der Waals surface area contributed by atoms with E-state index in [2.05, 4.69) is 49.2 Å². The van der Waals surface area contributed by atoms with Crippen molar-refractivity contribution < 1.29 is 0 Å². The summed E-state index contributed by atoms with van der Waals surface area (Å²) in [6, 6.07) is 6.52. The number of aryl methyl sites for hydroxylation is 1. The molecule has 1 aromatic heterocycles. The van der Waals surface area contributed by atoms with Crippen molar-refractivity contribution in [2.45, 2.75) is 33.1 Å². The number of hydrogen-bond acceptors (Lipinski definition) is 2. The molecule has 0 amide bonds. The Labute approximate surface area is 90.3 Å². The lowest BCUT2D eigenvalue weighted by molar-refractivity contribution is 0.591. The monoisotopic (exact) mass is 200 g/mol. The molecule has 2 aromatic rings. The van der Waals surface area contributed by atoms with Crippen LogP contribution >= 0.6 is 0 Å². The minimum atomic E-state index is 0.186. The second-order valence-electron chi connectivity index (χ2n) is 4.98. The van der Waals surface area contributed by atoms with E-state index < -0.39 is 0 Å². The van der Waals surface area contributed by atoms with Crippen LogP contribution in [0.3, 0.4) is 0 Å². The quantitative estimate of drug-likeness (QED) is 0.652. The zero-order valence-corrected chi connectivity index (χ0v) is 9.70. The minimum Gasteiger partial charge on any atom is -0.158 e. The Morgan fingerprint density at radius 2 is 1.87 bits per heavy atom. The van der Waals surface area contributed by atoms with Gasteiger partial charge in [-0.1, -0.05) is 32.9 Å². The lowest BCUT2D eigenvalue weighted by atomic mass is 9.86. The van der Waals surface area contributed by atoms with Crippen LogP contribution in [0.1, 0.15) is 32.0 Å². The van der Waals surface area contributed by atoms with Crippen molar-refractivity contribution in [3.63, 3.8) is 0 Å². The fourth-order valence-corrected chi connectivity index (χ4v) is 1.70. The van der Waals surface area contributed by atoms with Crippen molar-refractivity contribution in [2.75, 3.05) is 0 Å². The maximum Gasteiger partial charge on any atom is 0.0678 e. The number of rotatable bonds is 0. The van der Waals surface area contributed by atoms with Crippen molar-refractivity contribution in [2.24, 2.45) is 0 Å². The molecule has 0 saturated heterocycles. The summed E-state index contributed by atoms with van der Waals surface area (Å²) in [6.45, 7) is 8.65. The molecule has 0 aliphatic rings. The van der Waals surface area contributed by atoms with Gasteiger partial charge in [-0.05, 0) is 24.0 Å². The largest absolute Gasteiger partial charge is 0.158 e. The van der Waals surface area contributed by atoms with Crippen molar-refractivity contribution in [3.8, 4) is 0 Å². The van der Waals surface area contributed by atoms with E-state index in [1.54, 1.807) is 0 Å². The van der Waals surface area contributed by atoms with E-state index >= 15 is 0 Å². The van der Waals surface area contributed by atoms with Gasteiger partial charge in [0.1, 0.15) is 0 Å². The fraction of sp³-hybridized carbons (Fsp3) is 0.385. The van der Waals surface area contributed by atoms with Gasteiger partial charge in [0.2, 0.25) is 0 Å². The zero-order valence-electron chi connectivity index (χ0n) is 9.70. The van der Waals surface area contributed by atoms with Crippen molar-refractivity contribution in [1.82, 2.24) is 10.2 Å². The first-order valence-electron chi connectivity index (χ1n) is 5.21. The highest BCUT2D eigenvalue weighted by atomic mass is 15.1. The SMILES string of the molecule is Cc1nncc2cc(C(C)(C)C)ccc12. The van der Waals surface area contributed by atoms with Gasteiger partial charge < -0.3 is 0 Å². The predicted molar refractivity (Wildman–Crippen MR) is 63.0 cm³/mol. The van der Waals surface area contributed by atoms with Gasteiger partial charge in [0.05, 0.1) is 11.9 Å². The molecule has 0 N–H and O–H groups in total. The molecule has 0 aliphatic heterocycles. The third kappa shape index (κ3) is 1.84. The van der Waals surface area contributed by atoms with Gasteiger partial charge in [0.15, 0.2) is 0 Å². The number of hydrogen-bond donors (Lipinski definition) is 0. The first-order valence-corrected chi connectivity index (χ1v) is 5.21. The molecule has 2 rings (SSSR count). The predicted octanol–water partition coefficient (Wildman–Crippen LogP) is 3.24. The minimum absolute atomic E-state index is 0.186. The van der Waals surface area contributed by atoms with Crippen LogP contribution in [0.2, 0.25) is 0 Å². The Kier molecular flexibility index (Phi) is 2.22. The van der Waals surface area contributed by atoms with Crippen LogP contribution in [-0.4, -0.2) is 10.2 Å². The Morgan fingerprint density at radius 3 is 2.53 bits per heavy atom. The molecule has 0 fully saturated rings. The Balaban J connectivity index is 2.68. The van der Waals surface area contributed by atoms with E-state index in [0.29, 0.717) is 0 Å². The number of nitrogens with zero attached hydrogens (tertiary/aromatic N) is 2. The van der Waals surface area contributed by atoms with Gasteiger partial charge in [-0.3, -0.25) is 0 Å². The standard InChI is InChI=1S/C13H16N2/c1-9-12-6-5-11(13(2,3)4)7-10(12)8-14-15-9/h5-8H,1-4H3. The Morgan fingerprint density at radius 1 is 1.13 bits per heavy atom. The molecule has 0 radical (unpaired) electrons. The van der Waals surface area contributed by atoms with Crippen LogP contribution in [-0.2, 0) is 5.41 Å². The number of fused-ring (bicyclic) bond motifs is 1. The lowest BCUT2D eigenvalue weighted by Gasteiger charge is -2.19. The summed E-state index contributed by atoms with van der Waals surface area (Å²) in [4.78, 5) is 0. The normalized spacial score (nSPS) is 12.0. The summed E-state index contributed by atoms with van der Waals surface area (Å²) in [7, 11) is 0. The maximum absolute atomic E-state index is 4.05. The third-order valence-electron chi connectivity index (χ3n) is 2.71. The van der Waals surface area contributed by atoms with E-state index in [9.17, 15) is 0 Å². The molecular formula is C13H16N2. The summed E-state index contributed by atoms with van der Waals surface area (Å²) in [5.74, 6) is 0. The number of benzene rings is 1. The molecule has 15 heavy (non-hydrogen) atoms. The van der Waals surface area contributed by atoms with E-state index in [0.717, 1.165) is 5.69 Å². The molecule has 0 bridgehead atoms. The first-order chi connectivity index (χ1) is 6.98. The van der Waals surface area contributed by atoms with E-state index in [1.165, 1.54) is 16.3 Å². The van der Waals surface area contributed by atoms with Crippen LogP contribution in [0.4, 0.5) is 0 Å². The molecular weight excluding hydrogens is 184 g/mol. The molecule has 0 aliphatic carbocycles. The highest BCUT2D eigenvalue weighted by molar-refractivity contribution is 5.84. The van der Waals surface area contributed by atoms with E-state index in [-0.39, 0.29) is 5.41 Å². The van der Waals surface area contributed by atoms with Gasteiger partial charge in [-0.25, -0.2) is 0 Å². The molecule has 2 heteroatoms. The highest BCUT2D eigenvalue weighted by Gasteiger charge is 2.13. The van der Waals surface area contributed by atoms with Crippen LogP contribution in [0, 0.1) is 6.92 Å². The number of aromatic nitrogens is 2. The summed E-state index contributed by atoms with van der Waals surface area (Å²) < 4.78 is 0. The molecule has 0 atom stereocenters. The second kappa shape index (κ2) is 3.30. The molecule has 1 aromatic carbocycles. The van der Waals surface area contributed by atoms with Crippen LogP contribution in [0.5, 0.6) is 0 Å². The van der Waals surface area contributed by atoms with Gasteiger partial charge in [0.25, 0.3) is 0 Å². The summed E-state index contributed by atoms with van der Waals surface area (Å²) >= 11 is 0. The Hall–Kier alpha value is -1.44. The zero-order chi connectivity index (χ0) is 11.1. The Bertz CT molecular complexity index is 495. The molecule has 2 nitrogen and oxygen atoms in total. The topological polar surface area (TPSA) is 25.8 Å². The molecule has 0 spiro atoms. The second-order valence-corrected chi connectivity index (χ2v) is 4.98. The summed E-state index contributed by atoms with van der Waals surface area (Å²) in [6.07, 6.45) is 1.83. The van der Waals surface area contributed by atoms with E-state index in [1.807, 2.05) is 13.1 Å². The van der Waals surface area contributed by atoms with Crippen LogP contribution < -0.4 is 0 Å².